The van der Waals surface area contributed by atoms with Crippen molar-refractivity contribution in [1.29, 1.82) is 0 Å². The van der Waals surface area contributed by atoms with Crippen LogP contribution in [0.25, 0.3) is 0 Å². The number of fused-ring (bicyclic) bond motifs is 1. The van der Waals surface area contributed by atoms with Crippen LogP contribution < -0.4 is 0 Å². The van der Waals surface area contributed by atoms with Crippen molar-refractivity contribution >= 4 is 18.0 Å². The number of carbonyl (C=O) groups is 3. The molecule has 0 saturated carbocycles. The Kier molecular flexibility index (Phi) is 3.82. The van der Waals surface area contributed by atoms with E-state index in [1.807, 2.05) is 0 Å². The lowest BCUT2D eigenvalue weighted by atomic mass is 9.75. The van der Waals surface area contributed by atoms with Crippen LogP contribution in [0.4, 0.5) is 0 Å². The highest BCUT2D eigenvalue weighted by Crippen LogP contribution is 2.40. The maximum atomic E-state index is 12.6. The van der Waals surface area contributed by atoms with Crippen LogP contribution in [0.5, 0.6) is 0 Å². The minimum absolute atomic E-state index is 0.0170. The molecule has 2 aliphatic rings. The Morgan fingerprint density at radius 1 is 1.48 bits per heavy atom. The lowest BCUT2D eigenvalue weighted by molar-refractivity contribution is -0.166. The van der Waals surface area contributed by atoms with Gasteiger partial charge in [-0.2, -0.15) is 0 Å². The molecular weight excluding hydrogens is 276 g/mol. The summed E-state index contributed by atoms with van der Waals surface area (Å²) in [6, 6.07) is 0. The third-order valence-corrected chi connectivity index (χ3v) is 3.62. The van der Waals surface area contributed by atoms with Gasteiger partial charge in [0.25, 0.3) is 0 Å². The van der Waals surface area contributed by atoms with Crippen molar-refractivity contribution in [1.82, 2.24) is 0 Å². The van der Waals surface area contributed by atoms with Gasteiger partial charge in [-0.3, -0.25) is 14.4 Å². The van der Waals surface area contributed by atoms with Crippen LogP contribution in [0.15, 0.2) is 34.8 Å². The Bertz CT molecular complexity index is 610. The average Bonchev–Trinajstić information content (AvgIpc) is 2.44. The van der Waals surface area contributed by atoms with E-state index in [9.17, 15) is 14.4 Å². The summed E-state index contributed by atoms with van der Waals surface area (Å²) in [5.41, 5.74) is -0.655. The lowest BCUT2D eigenvalue weighted by Gasteiger charge is -2.40. The van der Waals surface area contributed by atoms with Gasteiger partial charge in [0, 0.05) is 25.2 Å². The molecule has 2 rings (SSSR count). The van der Waals surface area contributed by atoms with Crippen molar-refractivity contribution in [2.24, 2.45) is 0 Å². The number of aldehydes is 1. The fraction of sp³-hybridized carbons (Fsp3) is 0.400. The maximum Gasteiger partial charge on any atom is 0.303 e. The molecule has 0 bridgehead atoms. The van der Waals surface area contributed by atoms with Crippen molar-refractivity contribution in [2.45, 2.75) is 32.5 Å². The predicted octanol–water partition coefficient (Wildman–Crippen LogP) is 1.22. The standard InChI is InChI=1S/C15H16O6/c1-8-5-10-11(6-16)13(18)15(3,19-4)14(21-9(2)17)12(10)7-20-8/h5-7,14H,1-4H3. The molecule has 0 fully saturated rings. The monoisotopic (exact) mass is 292 g/mol. The molecular formula is C15H16O6. The minimum Gasteiger partial charge on any atom is -0.469 e. The molecule has 0 aromatic rings. The van der Waals surface area contributed by atoms with Crippen LogP contribution in [0.2, 0.25) is 0 Å². The molecule has 0 N–H and O–H groups in total. The topological polar surface area (TPSA) is 78.9 Å². The first-order chi connectivity index (χ1) is 9.85. The first-order valence-corrected chi connectivity index (χ1v) is 6.37. The van der Waals surface area contributed by atoms with Gasteiger partial charge in [0.05, 0.1) is 11.8 Å². The van der Waals surface area contributed by atoms with E-state index >= 15 is 0 Å². The summed E-state index contributed by atoms with van der Waals surface area (Å²) >= 11 is 0. The summed E-state index contributed by atoms with van der Waals surface area (Å²) in [6.45, 7) is 4.41. The number of rotatable bonds is 3. The summed E-state index contributed by atoms with van der Waals surface area (Å²) < 4.78 is 15.8. The Morgan fingerprint density at radius 2 is 2.14 bits per heavy atom. The van der Waals surface area contributed by atoms with Gasteiger partial charge in [-0.25, -0.2) is 0 Å². The molecule has 2 unspecified atom stereocenters. The predicted molar refractivity (Wildman–Crippen MR) is 72.0 cm³/mol. The zero-order valence-corrected chi connectivity index (χ0v) is 12.3. The number of carbonyl (C=O) groups excluding carboxylic acids is 3. The molecule has 1 aliphatic heterocycles. The van der Waals surface area contributed by atoms with Gasteiger partial charge >= 0.3 is 5.97 Å². The Balaban J connectivity index is 2.68. The molecule has 0 saturated heterocycles. The first kappa shape index (κ1) is 15.2. The molecule has 1 heterocycles. The highest BCUT2D eigenvalue weighted by Gasteiger charge is 2.52. The van der Waals surface area contributed by atoms with E-state index in [1.165, 1.54) is 27.2 Å². The van der Waals surface area contributed by atoms with Gasteiger partial charge in [0.1, 0.15) is 5.76 Å². The second-order valence-corrected chi connectivity index (χ2v) is 5.02. The van der Waals surface area contributed by atoms with Crippen molar-refractivity contribution < 1.29 is 28.6 Å². The molecule has 6 heteroatoms. The maximum absolute atomic E-state index is 12.6. The van der Waals surface area contributed by atoms with Crippen molar-refractivity contribution in [3.05, 3.63) is 34.8 Å². The third kappa shape index (κ3) is 2.31. The van der Waals surface area contributed by atoms with E-state index in [0.29, 0.717) is 23.2 Å². The summed E-state index contributed by atoms with van der Waals surface area (Å²) in [5, 5.41) is 0. The second-order valence-electron chi connectivity index (χ2n) is 5.02. The molecule has 0 aromatic carbocycles. The van der Waals surface area contributed by atoms with E-state index in [4.69, 9.17) is 14.2 Å². The Labute approximate surface area is 122 Å². The SMILES string of the molecule is COC1(C)C(=O)C(C=O)=C2C=C(C)OC=C2C1OC(C)=O. The number of ether oxygens (including phenoxy) is 3. The van der Waals surface area contributed by atoms with Gasteiger partial charge in [0.2, 0.25) is 5.78 Å². The van der Waals surface area contributed by atoms with Crippen LogP contribution in [-0.2, 0) is 28.6 Å². The highest BCUT2D eigenvalue weighted by molar-refractivity contribution is 6.19. The largest absolute Gasteiger partial charge is 0.469 e. The smallest absolute Gasteiger partial charge is 0.303 e. The van der Waals surface area contributed by atoms with E-state index in [0.717, 1.165) is 0 Å². The molecule has 1 aliphatic carbocycles. The summed E-state index contributed by atoms with van der Waals surface area (Å²) in [7, 11) is 1.33. The van der Waals surface area contributed by atoms with Crippen LogP contribution in [0.3, 0.4) is 0 Å². The Hall–Kier alpha value is -2.21. The molecule has 0 spiro atoms. The number of allylic oxidation sites excluding steroid dienone is 2. The number of esters is 1. The molecule has 112 valence electrons. The van der Waals surface area contributed by atoms with Crippen molar-refractivity contribution in [3.8, 4) is 0 Å². The number of hydrogen-bond acceptors (Lipinski definition) is 6. The average molecular weight is 292 g/mol. The highest BCUT2D eigenvalue weighted by atomic mass is 16.6. The lowest BCUT2D eigenvalue weighted by Crippen LogP contribution is -2.55. The third-order valence-electron chi connectivity index (χ3n) is 3.62. The van der Waals surface area contributed by atoms with Gasteiger partial charge < -0.3 is 14.2 Å². The molecule has 21 heavy (non-hydrogen) atoms. The summed E-state index contributed by atoms with van der Waals surface area (Å²) in [6.07, 6.45) is 2.46. The first-order valence-electron chi connectivity index (χ1n) is 6.37. The molecule has 0 aromatic heterocycles. The minimum atomic E-state index is -1.47. The number of hydrogen-bond donors (Lipinski definition) is 0. The molecule has 0 amide bonds. The fourth-order valence-electron chi connectivity index (χ4n) is 2.44. The van der Waals surface area contributed by atoms with Crippen LogP contribution in [0, 0.1) is 0 Å². The van der Waals surface area contributed by atoms with Crippen molar-refractivity contribution in [2.75, 3.05) is 7.11 Å². The summed E-state index contributed by atoms with van der Waals surface area (Å²) in [5.74, 6) is -0.551. The van der Waals surface area contributed by atoms with Crippen LogP contribution in [-0.4, -0.2) is 36.9 Å². The number of ketones is 1. The summed E-state index contributed by atoms with van der Waals surface area (Å²) in [4.78, 5) is 35.2. The zero-order valence-electron chi connectivity index (χ0n) is 12.3. The zero-order chi connectivity index (χ0) is 15.8. The molecule has 6 nitrogen and oxygen atoms in total. The van der Waals surface area contributed by atoms with Gasteiger partial charge in [-0.1, -0.05) is 0 Å². The van der Waals surface area contributed by atoms with Gasteiger partial charge in [-0.05, 0) is 19.9 Å². The molecule has 0 radical (unpaired) electrons. The normalized spacial score (nSPS) is 28.2. The number of Topliss-reactive ketones (excluding diaryl/α,β-unsaturated/α-hetero) is 1. The fourth-order valence-corrected chi connectivity index (χ4v) is 2.44. The molecule has 2 atom stereocenters. The van der Waals surface area contributed by atoms with Gasteiger partial charge in [0.15, 0.2) is 18.0 Å². The van der Waals surface area contributed by atoms with E-state index < -0.39 is 23.5 Å². The van der Waals surface area contributed by atoms with Crippen LogP contribution in [0.1, 0.15) is 20.8 Å². The van der Waals surface area contributed by atoms with Crippen molar-refractivity contribution in [3.63, 3.8) is 0 Å². The van der Waals surface area contributed by atoms with E-state index in [1.54, 1.807) is 13.0 Å². The van der Waals surface area contributed by atoms with Crippen LogP contribution >= 0.6 is 0 Å². The number of methoxy groups -OCH3 is 1. The van der Waals surface area contributed by atoms with Gasteiger partial charge in [-0.15, -0.1) is 0 Å². The second kappa shape index (κ2) is 5.29. The van der Waals surface area contributed by atoms with E-state index in [2.05, 4.69) is 0 Å². The Morgan fingerprint density at radius 3 is 2.67 bits per heavy atom. The quantitative estimate of drug-likeness (QED) is 0.442. The van der Waals surface area contributed by atoms with E-state index in [-0.39, 0.29) is 5.57 Å².